The molecule has 0 aliphatic rings. The van der Waals surface area contributed by atoms with Crippen LogP contribution < -0.4 is 0 Å². The molecule has 0 atom stereocenters. The van der Waals surface area contributed by atoms with Gasteiger partial charge in [0.1, 0.15) is 0 Å². The van der Waals surface area contributed by atoms with Crippen molar-refractivity contribution in [1.82, 2.24) is 20.2 Å². The molecule has 2 aromatic carbocycles. The average Bonchev–Trinajstić information content (AvgIpc) is 2.99. The van der Waals surface area contributed by atoms with E-state index in [0.717, 1.165) is 28.6 Å². The summed E-state index contributed by atoms with van der Waals surface area (Å²) in [6, 6.07) is 10.7. The second-order valence-electron chi connectivity index (χ2n) is 5.06. The Bertz CT molecular complexity index is 928. The third-order valence-electron chi connectivity index (χ3n) is 3.56. The summed E-state index contributed by atoms with van der Waals surface area (Å²) in [6.07, 6.45) is 0. The van der Waals surface area contributed by atoms with Crippen molar-refractivity contribution in [2.75, 3.05) is 0 Å². The molecular weight excluding hydrogens is 394 g/mol. The molecule has 9 heteroatoms. The van der Waals surface area contributed by atoms with E-state index in [0.29, 0.717) is 14.5 Å². The van der Waals surface area contributed by atoms with Crippen LogP contribution in [0.1, 0.15) is 11.1 Å². The molecule has 7 nitrogen and oxygen atoms in total. The highest BCUT2D eigenvalue weighted by Gasteiger charge is 2.19. The van der Waals surface area contributed by atoms with Crippen LogP contribution in [0, 0.1) is 24.0 Å². The monoisotopic (exact) mass is 405 g/mol. The number of halogens is 1. The van der Waals surface area contributed by atoms with Crippen LogP contribution in [0.15, 0.2) is 50.9 Å². The van der Waals surface area contributed by atoms with E-state index in [9.17, 15) is 10.1 Å². The number of nitrogens with zero attached hydrogens (tertiary/aromatic N) is 5. The Labute approximate surface area is 150 Å². The van der Waals surface area contributed by atoms with Gasteiger partial charge in [0.2, 0.25) is 5.16 Å². The minimum Gasteiger partial charge on any atom is -0.258 e. The Kier molecular flexibility index (Phi) is 4.63. The molecule has 0 saturated carbocycles. The number of nitro groups is 1. The molecule has 0 amide bonds. The summed E-state index contributed by atoms with van der Waals surface area (Å²) < 4.78 is 2.24. The highest BCUT2D eigenvalue weighted by Crippen LogP contribution is 2.36. The molecule has 24 heavy (non-hydrogen) atoms. The maximum Gasteiger partial charge on any atom is 0.284 e. The quantitative estimate of drug-likeness (QED) is 0.479. The maximum atomic E-state index is 11.3. The number of aromatic nitrogens is 4. The number of rotatable bonds is 4. The van der Waals surface area contributed by atoms with E-state index in [4.69, 9.17) is 0 Å². The number of tetrazole rings is 1. The first-order chi connectivity index (χ1) is 11.5. The van der Waals surface area contributed by atoms with Gasteiger partial charge in [-0.25, -0.2) is 0 Å². The van der Waals surface area contributed by atoms with Crippen molar-refractivity contribution in [2.24, 2.45) is 0 Å². The van der Waals surface area contributed by atoms with Crippen LogP contribution in [0.2, 0.25) is 0 Å². The van der Waals surface area contributed by atoms with Gasteiger partial charge < -0.3 is 0 Å². The zero-order valence-electron chi connectivity index (χ0n) is 12.8. The molecule has 0 unspecified atom stereocenters. The predicted molar refractivity (Wildman–Crippen MR) is 93.5 cm³/mol. The third-order valence-corrected chi connectivity index (χ3v) is 5.06. The smallest absolute Gasteiger partial charge is 0.258 e. The van der Waals surface area contributed by atoms with Gasteiger partial charge in [0.05, 0.1) is 15.5 Å². The van der Waals surface area contributed by atoms with E-state index in [1.165, 1.54) is 6.07 Å². The second-order valence-corrected chi connectivity index (χ2v) is 6.99. The lowest BCUT2D eigenvalue weighted by molar-refractivity contribution is -0.387. The first-order valence-electron chi connectivity index (χ1n) is 6.94. The van der Waals surface area contributed by atoms with Crippen LogP contribution in [-0.4, -0.2) is 25.1 Å². The summed E-state index contributed by atoms with van der Waals surface area (Å²) in [6.45, 7) is 4.00. The van der Waals surface area contributed by atoms with Gasteiger partial charge >= 0.3 is 0 Å². The van der Waals surface area contributed by atoms with Crippen LogP contribution in [0.4, 0.5) is 5.69 Å². The van der Waals surface area contributed by atoms with Gasteiger partial charge in [0.15, 0.2) is 0 Å². The molecule has 3 aromatic rings. The largest absolute Gasteiger partial charge is 0.284 e. The van der Waals surface area contributed by atoms with Crippen LogP contribution in [0.5, 0.6) is 0 Å². The molecule has 1 heterocycles. The minimum absolute atomic E-state index is 0.00453. The molecule has 0 saturated heterocycles. The van der Waals surface area contributed by atoms with E-state index >= 15 is 0 Å². The lowest BCUT2D eigenvalue weighted by Crippen LogP contribution is -2.02. The molecule has 122 valence electrons. The Hall–Kier alpha value is -2.26. The van der Waals surface area contributed by atoms with Crippen LogP contribution >= 0.6 is 27.7 Å². The van der Waals surface area contributed by atoms with E-state index in [1.807, 2.05) is 32.0 Å². The van der Waals surface area contributed by atoms with Gasteiger partial charge in [0, 0.05) is 10.5 Å². The average molecular weight is 406 g/mol. The third kappa shape index (κ3) is 3.17. The van der Waals surface area contributed by atoms with Crippen LogP contribution in [0.3, 0.4) is 0 Å². The lowest BCUT2D eigenvalue weighted by atomic mass is 10.1. The second kappa shape index (κ2) is 6.70. The summed E-state index contributed by atoms with van der Waals surface area (Å²) in [5.74, 6) is 0. The van der Waals surface area contributed by atoms with Gasteiger partial charge in [0.25, 0.3) is 5.69 Å². The molecule has 0 N–H and O–H groups in total. The van der Waals surface area contributed by atoms with E-state index < -0.39 is 4.92 Å². The molecule has 0 bridgehead atoms. The molecule has 3 rings (SSSR count). The van der Waals surface area contributed by atoms with Gasteiger partial charge in [-0.3, -0.25) is 10.1 Å². The standard InChI is InChI=1S/C15H12BrN5O2S/c1-9-4-3-5-12(10(9)2)20-15(17-18-19-20)24-14-7-6-11(16)8-13(14)21(22)23/h3-8H,1-2H3. The van der Waals surface area contributed by atoms with Crippen molar-refractivity contribution in [3.05, 3.63) is 62.1 Å². The summed E-state index contributed by atoms with van der Waals surface area (Å²) in [7, 11) is 0. The molecule has 0 fully saturated rings. The van der Waals surface area contributed by atoms with E-state index in [2.05, 4.69) is 31.5 Å². The number of aryl methyl sites for hydroxylation is 1. The van der Waals surface area contributed by atoms with Gasteiger partial charge in [-0.1, -0.05) is 28.1 Å². The Balaban J connectivity index is 2.04. The topological polar surface area (TPSA) is 86.7 Å². The van der Waals surface area contributed by atoms with Crippen LogP contribution in [-0.2, 0) is 0 Å². The molecule has 0 radical (unpaired) electrons. The summed E-state index contributed by atoms with van der Waals surface area (Å²) >= 11 is 4.41. The molecule has 1 aromatic heterocycles. The predicted octanol–water partition coefficient (Wildman–Crippen LogP) is 4.10. The maximum absolute atomic E-state index is 11.3. The molecule has 0 spiro atoms. The van der Waals surface area contributed by atoms with Gasteiger partial charge in [-0.15, -0.1) is 5.10 Å². The highest BCUT2D eigenvalue weighted by atomic mass is 79.9. The van der Waals surface area contributed by atoms with Crippen molar-refractivity contribution in [3.63, 3.8) is 0 Å². The molecular formula is C15H12BrN5O2S. The fraction of sp³-hybridized carbons (Fsp3) is 0.133. The fourth-order valence-corrected chi connectivity index (χ4v) is 3.40. The van der Waals surface area contributed by atoms with Crippen molar-refractivity contribution >= 4 is 33.4 Å². The van der Waals surface area contributed by atoms with Crippen molar-refractivity contribution in [1.29, 1.82) is 0 Å². The SMILES string of the molecule is Cc1cccc(-n2nnnc2Sc2ccc(Br)cc2[N+](=O)[O-])c1C. The zero-order valence-corrected chi connectivity index (χ0v) is 15.2. The lowest BCUT2D eigenvalue weighted by Gasteiger charge is -2.09. The summed E-state index contributed by atoms with van der Waals surface area (Å²) in [5.41, 5.74) is 3.03. The summed E-state index contributed by atoms with van der Waals surface area (Å²) in [4.78, 5) is 11.3. The van der Waals surface area contributed by atoms with Crippen molar-refractivity contribution in [3.8, 4) is 5.69 Å². The number of benzene rings is 2. The Morgan fingerprint density at radius 3 is 2.79 bits per heavy atom. The fourth-order valence-electron chi connectivity index (χ4n) is 2.18. The van der Waals surface area contributed by atoms with Crippen molar-refractivity contribution < 1.29 is 4.92 Å². The first-order valence-corrected chi connectivity index (χ1v) is 8.55. The highest BCUT2D eigenvalue weighted by molar-refractivity contribution is 9.10. The zero-order chi connectivity index (χ0) is 17.3. The number of nitro benzene ring substituents is 1. The van der Waals surface area contributed by atoms with E-state index in [-0.39, 0.29) is 5.69 Å². The number of hydrogen-bond donors (Lipinski definition) is 0. The molecule has 0 aliphatic carbocycles. The van der Waals surface area contributed by atoms with E-state index in [1.54, 1.807) is 16.8 Å². The molecule has 0 aliphatic heterocycles. The minimum atomic E-state index is -0.418. The first kappa shape index (κ1) is 16.6. The number of hydrogen-bond acceptors (Lipinski definition) is 6. The normalized spacial score (nSPS) is 10.8. The van der Waals surface area contributed by atoms with Crippen molar-refractivity contribution in [2.45, 2.75) is 23.9 Å². The van der Waals surface area contributed by atoms with Crippen LogP contribution in [0.25, 0.3) is 5.69 Å². The van der Waals surface area contributed by atoms with Gasteiger partial charge in [-0.05, 0) is 65.4 Å². The Morgan fingerprint density at radius 2 is 2.04 bits per heavy atom. The van der Waals surface area contributed by atoms with Gasteiger partial charge in [-0.2, -0.15) is 4.68 Å². The summed E-state index contributed by atoms with van der Waals surface area (Å²) in [5, 5.41) is 23.5. The Morgan fingerprint density at radius 1 is 1.25 bits per heavy atom.